The van der Waals surface area contributed by atoms with Crippen molar-refractivity contribution in [2.75, 3.05) is 13.1 Å². The lowest BCUT2D eigenvalue weighted by molar-refractivity contribution is -0.122. The maximum atomic E-state index is 11.6. The fraction of sp³-hybridized carbons (Fsp3) is 0.538. The number of allylic oxidation sites excluding steroid dienone is 2. The van der Waals surface area contributed by atoms with Crippen LogP contribution < -0.4 is 10.6 Å². The molecule has 0 aromatic carbocycles. The number of ether oxygens (including phenoxy) is 1. The third kappa shape index (κ3) is 5.52. The summed E-state index contributed by atoms with van der Waals surface area (Å²) in [7, 11) is 0. The predicted molar refractivity (Wildman–Crippen MR) is 69.0 cm³/mol. The van der Waals surface area contributed by atoms with E-state index >= 15 is 0 Å². The molecule has 1 aliphatic carbocycles. The molecule has 1 rings (SSSR count). The molecule has 0 fully saturated rings. The molecule has 0 unspecified atom stereocenters. The number of amides is 2. The standard InChI is InChI=1S/C13H20N2O3/c1-13(2,3)18-12(17)15-9-8-14-11(16)10-6-4-5-7-10/h4-7,10H,8-9H2,1-3H3,(H,14,16)(H,15,17). The molecule has 0 atom stereocenters. The summed E-state index contributed by atoms with van der Waals surface area (Å²) in [6.07, 6.45) is 6.83. The van der Waals surface area contributed by atoms with Crippen LogP contribution in [0.2, 0.25) is 0 Å². The van der Waals surface area contributed by atoms with Crippen LogP contribution in [0.1, 0.15) is 20.8 Å². The number of rotatable bonds is 4. The molecule has 0 aromatic rings. The highest BCUT2D eigenvalue weighted by molar-refractivity contribution is 5.83. The van der Waals surface area contributed by atoms with Crippen LogP contribution in [0.15, 0.2) is 24.3 Å². The van der Waals surface area contributed by atoms with Crippen molar-refractivity contribution in [2.24, 2.45) is 5.92 Å². The summed E-state index contributed by atoms with van der Waals surface area (Å²) in [6, 6.07) is 0. The van der Waals surface area contributed by atoms with Crippen molar-refractivity contribution >= 4 is 12.0 Å². The van der Waals surface area contributed by atoms with Crippen LogP contribution in [0.25, 0.3) is 0 Å². The van der Waals surface area contributed by atoms with Gasteiger partial charge in [0.15, 0.2) is 0 Å². The number of nitrogens with one attached hydrogen (secondary N) is 2. The lowest BCUT2D eigenvalue weighted by Gasteiger charge is -2.19. The normalized spacial score (nSPS) is 14.6. The molecule has 2 N–H and O–H groups in total. The van der Waals surface area contributed by atoms with Crippen molar-refractivity contribution in [3.8, 4) is 0 Å². The Bertz CT molecular complexity index is 355. The fourth-order valence-corrected chi connectivity index (χ4v) is 1.39. The summed E-state index contributed by atoms with van der Waals surface area (Å²) in [6.45, 7) is 6.13. The van der Waals surface area contributed by atoms with Crippen LogP contribution in [-0.4, -0.2) is 30.7 Å². The van der Waals surface area contributed by atoms with E-state index < -0.39 is 11.7 Å². The molecule has 0 spiro atoms. The summed E-state index contributed by atoms with van der Waals surface area (Å²) in [5.74, 6) is -0.252. The van der Waals surface area contributed by atoms with E-state index in [1.165, 1.54) is 0 Å². The maximum Gasteiger partial charge on any atom is 0.407 e. The molecule has 0 heterocycles. The summed E-state index contributed by atoms with van der Waals surface area (Å²) in [5.41, 5.74) is -0.507. The third-order valence-electron chi connectivity index (χ3n) is 2.14. The molecule has 5 nitrogen and oxygen atoms in total. The van der Waals surface area contributed by atoms with Gasteiger partial charge in [-0.1, -0.05) is 24.3 Å². The Kier molecular flexibility index (Phi) is 4.95. The van der Waals surface area contributed by atoms with E-state index in [9.17, 15) is 9.59 Å². The fourth-order valence-electron chi connectivity index (χ4n) is 1.39. The van der Waals surface area contributed by atoms with E-state index in [0.717, 1.165) is 0 Å². The number of hydrogen-bond donors (Lipinski definition) is 2. The number of carbonyl (C=O) groups excluding carboxylic acids is 2. The second-order valence-corrected chi connectivity index (χ2v) is 5.02. The first-order valence-electron chi connectivity index (χ1n) is 5.98. The van der Waals surface area contributed by atoms with E-state index in [1.807, 2.05) is 24.3 Å². The minimum absolute atomic E-state index is 0.0639. The Balaban J connectivity index is 2.11. The van der Waals surface area contributed by atoms with E-state index in [0.29, 0.717) is 13.1 Å². The molecule has 2 amide bonds. The second kappa shape index (κ2) is 6.23. The van der Waals surface area contributed by atoms with Crippen molar-refractivity contribution in [1.29, 1.82) is 0 Å². The molecule has 0 bridgehead atoms. The van der Waals surface area contributed by atoms with Crippen LogP contribution in [-0.2, 0) is 9.53 Å². The van der Waals surface area contributed by atoms with Crippen molar-refractivity contribution in [1.82, 2.24) is 10.6 Å². The van der Waals surface area contributed by atoms with Gasteiger partial charge in [-0.3, -0.25) is 4.79 Å². The number of carbonyl (C=O) groups is 2. The molecule has 5 heteroatoms. The molecule has 100 valence electrons. The van der Waals surface area contributed by atoms with E-state index in [2.05, 4.69) is 10.6 Å². The Labute approximate surface area is 107 Å². The van der Waals surface area contributed by atoms with Gasteiger partial charge in [-0.05, 0) is 20.8 Å². The Morgan fingerprint density at radius 3 is 2.22 bits per heavy atom. The minimum atomic E-state index is -0.507. The van der Waals surface area contributed by atoms with Crippen LogP contribution in [0.3, 0.4) is 0 Å². The van der Waals surface area contributed by atoms with Gasteiger partial charge in [0.1, 0.15) is 5.60 Å². The predicted octanol–water partition coefficient (Wildman–Crippen LogP) is 1.37. The van der Waals surface area contributed by atoms with Crippen molar-refractivity contribution < 1.29 is 14.3 Å². The van der Waals surface area contributed by atoms with Gasteiger partial charge in [0.25, 0.3) is 0 Å². The molecule has 0 aliphatic heterocycles. The van der Waals surface area contributed by atoms with E-state index in [-0.39, 0.29) is 11.8 Å². The molecule has 0 saturated carbocycles. The Morgan fingerprint density at radius 1 is 1.11 bits per heavy atom. The van der Waals surface area contributed by atoms with Crippen LogP contribution in [0.5, 0.6) is 0 Å². The average molecular weight is 252 g/mol. The highest BCUT2D eigenvalue weighted by atomic mass is 16.6. The molecular formula is C13H20N2O3. The first-order valence-corrected chi connectivity index (χ1v) is 5.98. The molecule has 1 aliphatic rings. The Morgan fingerprint density at radius 2 is 1.67 bits per heavy atom. The zero-order chi connectivity index (χ0) is 13.6. The summed E-state index contributed by atoms with van der Waals surface area (Å²) < 4.78 is 5.06. The van der Waals surface area contributed by atoms with Gasteiger partial charge >= 0.3 is 6.09 Å². The first-order chi connectivity index (χ1) is 8.38. The summed E-state index contributed by atoms with van der Waals surface area (Å²) in [4.78, 5) is 22.9. The van der Waals surface area contributed by atoms with E-state index in [4.69, 9.17) is 4.74 Å². The largest absolute Gasteiger partial charge is 0.444 e. The van der Waals surface area contributed by atoms with Gasteiger partial charge in [-0.25, -0.2) is 4.79 Å². The highest BCUT2D eigenvalue weighted by Crippen LogP contribution is 2.08. The van der Waals surface area contributed by atoms with Crippen LogP contribution in [0, 0.1) is 5.92 Å². The molecule has 0 radical (unpaired) electrons. The van der Waals surface area contributed by atoms with Crippen LogP contribution >= 0.6 is 0 Å². The Hall–Kier alpha value is -1.78. The maximum absolute atomic E-state index is 11.6. The van der Waals surface area contributed by atoms with Crippen molar-refractivity contribution in [3.63, 3.8) is 0 Å². The topological polar surface area (TPSA) is 67.4 Å². The monoisotopic (exact) mass is 252 g/mol. The summed E-state index contributed by atoms with van der Waals surface area (Å²) in [5, 5.41) is 5.30. The highest BCUT2D eigenvalue weighted by Gasteiger charge is 2.16. The van der Waals surface area contributed by atoms with Gasteiger partial charge in [-0.15, -0.1) is 0 Å². The number of alkyl carbamates (subject to hydrolysis) is 1. The molecule has 0 aromatic heterocycles. The van der Waals surface area contributed by atoms with Gasteiger partial charge in [0.05, 0.1) is 5.92 Å². The first kappa shape index (κ1) is 14.3. The number of hydrogen-bond acceptors (Lipinski definition) is 3. The lowest BCUT2D eigenvalue weighted by Crippen LogP contribution is -2.38. The SMILES string of the molecule is CC(C)(C)OC(=O)NCCNC(=O)C1C=CC=C1. The summed E-state index contributed by atoms with van der Waals surface area (Å²) >= 11 is 0. The van der Waals surface area contributed by atoms with Crippen molar-refractivity contribution in [2.45, 2.75) is 26.4 Å². The third-order valence-corrected chi connectivity index (χ3v) is 2.14. The average Bonchev–Trinajstić information content (AvgIpc) is 2.74. The molecular weight excluding hydrogens is 232 g/mol. The lowest BCUT2D eigenvalue weighted by atomic mass is 10.1. The van der Waals surface area contributed by atoms with E-state index in [1.54, 1.807) is 20.8 Å². The van der Waals surface area contributed by atoms with Gasteiger partial charge in [0.2, 0.25) is 5.91 Å². The molecule has 18 heavy (non-hydrogen) atoms. The zero-order valence-corrected chi connectivity index (χ0v) is 11.0. The van der Waals surface area contributed by atoms with Crippen LogP contribution in [0.4, 0.5) is 4.79 Å². The smallest absolute Gasteiger partial charge is 0.407 e. The van der Waals surface area contributed by atoms with Gasteiger partial charge < -0.3 is 15.4 Å². The zero-order valence-electron chi connectivity index (χ0n) is 11.0. The quantitative estimate of drug-likeness (QED) is 0.743. The van der Waals surface area contributed by atoms with Gasteiger partial charge in [-0.2, -0.15) is 0 Å². The van der Waals surface area contributed by atoms with Gasteiger partial charge in [0, 0.05) is 13.1 Å². The molecule has 0 saturated heterocycles. The minimum Gasteiger partial charge on any atom is -0.444 e. The second-order valence-electron chi connectivity index (χ2n) is 5.02. The van der Waals surface area contributed by atoms with Crippen molar-refractivity contribution in [3.05, 3.63) is 24.3 Å².